The van der Waals surface area contributed by atoms with Gasteiger partial charge in [0.1, 0.15) is 11.3 Å². The van der Waals surface area contributed by atoms with Crippen molar-refractivity contribution in [1.29, 1.82) is 0 Å². The van der Waals surface area contributed by atoms with Crippen LogP contribution >= 0.6 is 46.4 Å². The lowest BCUT2D eigenvalue weighted by molar-refractivity contribution is -0.122. The Balaban J connectivity index is 2.10. The zero-order chi connectivity index (χ0) is 21.3. The number of rotatable bonds is 4. The number of carbonyl (C=O) groups excluding carboxylic acids is 3. The van der Waals surface area contributed by atoms with Gasteiger partial charge in [-0.05, 0) is 43.3 Å². The maximum Gasteiger partial charge on any atom is 0.335 e. The standard InChI is InChI=1S/C19H12Cl4N2O4/c1-2-29-16-9(5-10(20)7-15(16)23)6-12-17(26)24-19(28)25(18(12)27)11-3-4-13(21)14(22)8-11/h3-8H,2H2,1H3,(H,24,26,28)/b12-6+. The van der Waals surface area contributed by atoms with Gasteiger partial charge in [0.2, 0.25) is 0 Å². The second-order valence-corrected chi connectivity index (χ2v) is 7.45. The molecule has 1 saturated heterocycles. The van der Waals surface area contributed by atoms with E-state index >= 15 is 0 Å². The Morgan fingerprint density at radius 2 is 1.72 bits per heavy atom. The van der Waals surface area contributed by atoms with Crippen LogP contribution in [-0.4, -0.2) is 24.5 Å². The van der Waals surface area contributed by atoms with Crippen molar-refractivity contribution in [2.24, 2.45) is 0 Å². The largest absolute Gasteiger partial charge is 0.492 e. The van der Waals surface area contributed by atoms with E-state index in [2.05, 4.69) is 5.32 Å². The first kappa shape index (κ1) is 21.5. The molecule has 6 nitrogen and oxygen atoms in total. The number of imide groups is 2. The fourth-order valence-electron chi connectivity index (χ4n) is 2.66. The van der Waals surface area contributed by atoms with Crippen molar-refractivity contribution in [2.45, 2.75) is 6.92 Å². The number of halogens is 4. The van der Waals surface area contributed by atoms with Crippen LogP contribution in [0.3, 0.4) is 0 Å². The van der Waals surface area contributed by atoms with Crippen LogP contribution in [0.1, 0.15) is 12.5 Å². The first-order valence-corrected chi connectivity index (χ1v) is 9.72. The summed E-state index contributed by atoms with van der Waals surface area (Å²) in [5.74, 6) is -1.46. The van der Waals surface area contributed by atoms with Crippen LogP contribution in [0.2, 0.25) is 20.1 Å². The van der Waals surface area contributed by atoms with E-state index in [1.54, 1.807) is 6.92 Å². The minimum absolute atomic E-state index is 0.146. The zero-order valence-electron chi connectivity index (χ0n) is 14.8. The van der Waals surface area contributed by atoms with Crippen molar-refractivity contribution >= 4 is 76.0 Å². The molecule has 29 heavy (non-hydrogen) atoms. The molecule has 1 aliphatic rings. The predicted octanol–water partition coefficient (Wildman–Crippen LogP) is 5.37. The average Bonchev–Trinajstić information content (AvgIpc) is 2.64. The van der Waals surface area contributed by atoms with Crippen molar-refractivity contribution in [3.8, 4) is 5.75 Å². The Labute approximate surface area is 185 Å². The number of carbonyl (C=O) groups is 3. The van der Waals surface area contributed by atoms with Gasteiger partial charge in [-0.3, -0.25) is 14.9 Å². The summed E-state index contributed by atoms with van der Waals surface area (Å²) in [6, 6.07) is 6.27. The topological polar surface area (TPSA) is 75.7 Å². The SMILES string of the molecule is CCOc1c(Cl)cc(Cl)cc1/C=C1\C(=O)NC(=O)N(c2ccc(Cl)c(Cl)c2)C1=O. The third-order valence-electron chi connectivity index (χ3n) is 3.89. The van der Waals surface area contributed by atoms with E-state index in [1.165, 1.54) is 36.4 Å². The minimum Gasteiger partial charge on any atom is -0.492 e. The van der Waals surface area contributed by atoms with E-state index in [0.29, 0.717) is 12.2 Å². The number of nitrogens with one attached hydrogen (secondary N) is 1. The summed E-state index contributed by atoms with van der Waals surface area (Å²) in [7, 11) is 0. The summed E-state index contributed by atoms with van der Waals surface area (Å²) < 4.78 is 5.51. The molecule has 0 spiro atoms. The lowest BCUT2D eigenvalue weighted by Crippen LogP contribution is -2.54. The molecule has 0 saturated carbocycles. The highest BCUT2D eigenvalue weighted by Gasteiger charge is 2.37. The van der Waals surface area contributed by atoms with Crippen LogP contribution in [0.15, 0.2) is 35.9 Å². The lowest BCUT2D eigenvalue weighted by atomic mass is 10.1. The molecule has 0 atom stereocenters. The Hall–Kier alpha value is -2.25. The van der Waals surface area contributed by atoms with Gasteiger partial charge in [-0.25, -0.2) is 9.69 Å². The predicted molar refractivity (Wildman–Crippen MR) is 113 cm³/mol. The first-order valence-electron chi connectivity index (χ1n) is 8.21. The highest BCUT2D eigenvalue weighted by Crippen LogP contribution is 2.35. The summed E-state index contributed by atoms with van der Waals surface area (Å²) in [5.41, 5.74) is 0.149. The average molecular weight is 474 g/mol. The third kappa shape index (κ3) is 4.36. The van der Waals surface area contributed by atoms with Gasteiger partial charge in [-0.15, -0.1) is 0 Å². The van der Waals surface area contributed by atoms with Gasteiger partial charge < -0.3 is 4.74 Å². The van der Waals surface area contributed by atoms with Crippen molar-refractivity contribution in [1.82, 2.24) is 5.32 Å². The number of anilines is 1. The summed E-state index contributed by atoms with van der Waals surface area (Å²) in [5, 5.41) is 3.02. The second-order valence-electron chi connectivity index (χ2n) is 5.80. The number of hydrogen-bond donors (Lipinski definition) is 1. The number of ether oxygens (including phenoxy) is 1. The molecular formula is C19H12Cl4N2O4. The fourth-order valence-corrected chi connectivity index (χ4v) is 3.51. The van der Waals surface area contributed by atoms with E-state index in [4.69, 9.17) is 51.1 Å². The molecule has 2 aromatic rings. The van der Waals surface area contributed by atoms with E-state index in [0.717, 1.165) is 4.90 Å². The van der Waals surface area contributed by atoms with Crippen molar-refractivity contribution in [3.05, 3.63) is 61.6 Å². The minimum atomic E-state index is -0.912. The Kier molecular flexibility index (Phi) is 6.39. The zero-order valence-corrected chi connectivity index (χ0v) is 17.8. The molecule has 0 bridgehead atoms. The van der Waals surface area contributed by atoms with E-state index in [9.17, 15) is 14.4 Å². The molecule has 0 aromatic heterocycles. The molecule has 1 aliphatic heterocycles. The van der Waals surface area contributed by atoms with Gasteiger partial charge in [-0.1, -0.05) is 46.4 Å². The number of barbiturate groups is 1. The van der Waals surface area contributed by atoms with Crippen LogP contribution in [0.25, 0.3) is 6.08 Å². The van der Waals surface area contributed by atoms with Gasteiger partial charge >= 0.3 is 6.03 Å². The van der Waals surface area contributed by atoms with Crippen LogP contribution < -0.4 is 15.0 Å². The van der Waals surface area contributed by atoms with Gasteiger partial charge in [0.25, 0.3) is 11.8 Å². The number of benzene rings is 2. The Bertz CT molecular complexity index is 1070. The molecule has 10 heteroatoms. The Morgan fingerprint density at radius 3 is 2.38 bits per heavy atom. The van der Waals surface area contributed by atoms with E-state index in [-0.39, 0.29) is 37.1 Å². The second kappa shape index (κ2) is 8.63. The summed E-state index contributed by atoms with van der Waals surface area (Å²) >= 11 is 24.1. The fraction of sp³-hybridized carbons (Fsp3) is 0.105. The monoisotopic (exact) mass is 472 g/mol. The maximum atomic E-state index is 13.0. The Morgan fingerprint density at radius 1 is 1.00 bits per heavy atom. The number of amides is 4. The molecular weight excluding hydrogens is 462 g/mol. The summed E-state index contributed by atoms with van der Waals surface area (Å²) in [6.07, 6.45) is 1.26. The number of nitrogens with zero attached hydrogens (tertiary/aromatic N) is 1. The first-order chi connectivity index (χ1) is 13.7. The molecule has 4 amide bonds. The molecule has 0 aliphatic carbocycles. The molecule has 2 aromatic carbocycles. The van der Waals surface area contributed by atoms with Crippen molar-refractivity contribution in [2.75, 3.05) is 11.5 Å². The van der Waals surface area contributed by atoms with Gasteiger partial charge in [0.15, 0.2) is 0 Å². The van der Waals surface area contributed by atoms with Crippen LogP contribution in [0.4, 0.5) is 10.5 Å². The molecule has 3 rings (SSSR count). The highest BCUT2D eigenvalue weighted by molar-refractivity contribution is 6.43. The highest BCUT2D eigenvalue weighted by atomic mass is 35.5. The van der Waals surface area contributed by atoms with Gasteiger partial charge in [0.05, 0.1) is 27.4 Å². The smallest absolute Gasteiger partial charge is 0.335 e. The van der Waals surface area contributed by atoms with Crippen LogP contribution in [-0.2, 0) is 9.59 Å². The molecule has 1 N–H and O–H groups in total. The molecule has 0 unspecified atom stereocenters. The lowest BCUT2D eigenvalue weighted by Gasteiger charge is -2.26. The van der Waals surface area contributed by atoms with Gasteiger partial charge in [0, 0.05) is 10.6 Å². The van der Waals surface area contributed by atoms with Crippen molar-refractivity contribution < 1.29 is 19.1 Å². The van der Waals surface area contributed by atoms with Crippen LogP contribution in [0, 0.1) is 0 Å². The number of hydrogen-bond acceptors (Lipinski definition) is 4. The van der Waals surface area contributed by atoms with Gasteiger partial charge in [-0.2, -0.15) is 0 Å². The third-order valence-corrected chi connectivity index (χ3v) is 5.13. The van der Waals surface area contributed by atoms with Crippen LogP contribution in [0.5, 0.6) is 5.75 Å². The summed E-state index contributed by atoms with van der Waals surface area (Å²) in [6.45, 7) is 2.05. The summed E-state index contributed by atoms with van der Waals surface area (Å²) in [4.78, 5) is 38.4. The van der Waals surface area contributed by atoms with Crippen molar-refractivity contribution in [3.63, 3.8) is 0 Å². The normalized spacial score (nSPS) is 15.7. The molecule has 0 radical (unpaired) electrons. The number of urea groups is 1. The molecule has 150 valence electrons. The molecule has 1 fully saturated rings. The van der Waals surface area contributed by atoms with E-state index in [1.807, 2.05) is 0 Å². The maximum absolute atomic E-state index is 13.0. The quantitative estimate of drug-likeness (QED) is 0.478. The van der Waals surface area contributed by atoms with E-state index < -0.39 is 17.8 Å². The molecule has 1 heterocycles.